The molecule has 1 aromatic carbocycles. The molecule has 1 aromatic rings. The average molecular weight is 322 g/mol. The van der Waals surface area contributed by atoms with Gasteiger partial charge in [0.15, 0.2) is 11.3 Å². The van der Waals surface area contributed by atoms with Gasteiger partial charge in [-0.1, -0.05) is 0 Å². The quantitative estimate of drug-likeness (QED) is 0.548. The van der Waals surface area contributed by atoms with Crippen LogP contribution in [0.2, 0.25) is 0 Å². The minimum absolute atomic E-state index is 0.855. The van der Waals surface area contributed by atoms with E-state index < -0.39 is 0 Å². The number of benzene rings is 2. The first-order valence-electron chi connectivity index (χ1n) is 8.94. The molecule has 0 amide bonds. The molecule has 0 fully saturated rings. The zero-order valence-electron chi connectivity index (χ0n) is 14.7. The molecule has 124 valence electrons. The van der Waals surface area contributed by atoms with Crippen molar-refractivity contribution in [3.05, 3.63) is 41.3 Å². The summed E-state index contributed by atoms with van der Waals surface area (Å²) in [5.74, 6) is 0.855. The Morgan fingerprint density at radius 1 is 1.12 bits per heavy atom. The molecule has 0 radical (unpaired) electrons. The molecular formula is C20H24N3O+. The summed E-state index contributed by atoms with van der Waals surface area (Å²) < 4.78 is 8.55. The maximum absolute atomic E-state index is 6.23. The van der Waals surface area contributed by atoms with Crippen molar-refractivity contribution in [1.29, 1.82) is 0 Å². The van der Waals surface area contributed by atoms with Crippen molar-refractivity contribution in [2.45, 2.75) is 27.2 Å². The SMILES string of the molecule is CCN1CCc2cc3nc4ccc(=[N+](CC)CC)cc-4oc3cc21. The molecule has 0 saturated carbocycles. The summed E-state index contributed by atoms with van der Waals surface area (Å²) in [6.07, 6.45) is 1.10. The number of anilines is 1. The van der Waals surface area contributed by atoms with E-state index in [1.165, 1.54) is 16.6 Å². The Morgan fingerprint density at radius 2 is 1.96 bits per heavy atom. The Kier molecular flexibility index (Phi) is 3.75. The van der Waals surface area contributed by atoms with Crippen LogP contribution in [0.25, 0.3) is 22.6 Å². The average Bonchev–Trinajstić information content (AvgIpc) is 3.00. The van der Waals surface area contributed by atoms with Crippen molar-refractivity contribution in [2.75, 3.05) is 31.1 Å². The second-order valence-corrected chi connectivity index (χ2v) is 6.32. The standard InChI is InChI=1S/C20H24N3O/c1-4-22(5-2)15-7-8-16-19(12-15)24-20-13-18-14(11-17(20)21-16)9-10-23(18)6-3/h7-8,11-13H,4-6,9-10H2,1-3H3/q+1. The monoisotopic (exact) mass is 322 g/mol. The summed E-state index contributed by atoms with van der Waals surface area (Å²) in [4.78, 5) is 7.23. The van der Waals surface area contributed by atoms with E-state index in [1.807, 2.05) is 0 Å². The first-order valence-corrected chi connectivity index (χ1v) is 8.94. The van der Waals surface area contributed by atoms with Crippen LogP contribution in [0, 0.1) is 0 Å². The van der Waals surface area contributed by atoms with Crippen molar-refractivity contribution in [2.24, 2.45) is 0 Å². The van der Waals surface area contributed by atoms with Crippen LogP contribution in [-0.4, -0.2) is 31.2 Å². The molecule has 4 rings (SSSR count). The predicted molar refractivity (Wildman–Crippen MR) is 98.6 cm³/mol. The molecular weight excluding hydrogens is 298 g/mol. The lowest BCUT2D eigenvalue weighted by atomic mass is 10.1. The van der Waals surface area contributed by atoms with E-state index in [-0.39, 0.29) is 0 Å². The largest absolute Gasteiger partial charge is 0.452 e. The molecule has 2 heterocycles. The van der Waals surface area contributed by atoms with E-state index in [9.17, 15) is 0 Å². The minimum Gasteiger partial charge on any atom is -0.452 e. The van der Waals surface area contributed by atoms with Gasteiger partial charge in [-0.3, -0.25) is 0 Å². The molecule has 4 heteroatoms. The predicted octanol–water partition coefficient (Wildman–Crippen LogP) is 3.13. The topological polar surface area (TPSA) is 32.3 Å². The van der Waals surface area contributed by atoms with Crippen LogP contribution in [0.15, 0.2) is 34.7 Å². The highest BCUT2D eigenvalue weighted by atomic mass is 16.3. The fourth-order valence-electron chi connectivity index (χ4n) is 3.68. The Morgan fingerprint density at radius 3 is 2.71 bits per heavy atom. The number of hydrogen-bond donors (Lipinski definition) is 0. The number of fused-ring (bicyclic) bond motifs is 3. The summed E-state index contributed by atoms with van der Waals surface area (Å²) in [6.45, 7) is 10.6. The molecule has 0 aromatic heterocycles. The van der Waals surface area contributed by atoms with Crippen LogP contribution in [-0.2, 0) is 6.42 Å². The van der Waals surface area contributed by atoms with Gasteiger partial charge in [0.1, 0.15) is 24.3 Å². The minimum atomic E-state index is 0.855. The molecule has 2 aliphatic heterocycles. The molecule has 0 spiro atoms. The first-order chi connectivity index (χ1) is 11.7. The second-order valence-electron chi connectivity index (χ2n) is 6.32. The third-order valence-corrected chi connectivity index (χ3v) is 5.07. The normalized spacial score (nSPS) is 13.7. The number of nitrogens with zero attached hydrogens (tertiary/aromatic N) is 3. The highest BCUT2D eigenvalue weighted by Gasteiger charge is 2.20. The third kappa shape index (κ3) is 2.37. The smallest absolute Gasteiger partial charge is 0.203 e. The zero-order chi connectivity index (χ0) is 16.7. The summed E-state index contributed by atoms with van der Waals surface area (Å²) >= 11 is 0. The van der Waals surface area contributed by atoms with Gasteiger partial charge >= 0.3 is 0 Å². The third-order valence-electron chi connectivity index (χ3n) is 5.07. The van der Waals surface area contributed by atoms with Gasteiger partial charge in [-0.2, -0.15) is 0 Å². The van der Waals surface area contributed by atoms with E-state index in [4.69, 9.17) is 9.40 Å². The number of rotatable bonds is 3. The Balaban J connectivity index is 1.94. The fraction of sp³-hybridized carbons (Fsp3) is 0.400. The van der Waals surface area contributed by atoms with E-state index in [2.05, 4.69) is 60.6 Å². The highest BCUT2D eigenvalue weighted by Crippen LogP contribution is 2.33. The first kappa shape index (κ1) is 15.2. The summed E-state index contributed by atoms with van der Waals surface area (Å²) in [6, 6.07) is 10.7. The fourth-order valence-corrected chi connectivity index (χ4v) is 3.68. The Labute approximate surface area is 142 Å². The van der Waals surface area contributed by atoms with Crippen molar-refractivity contribution in [1.82, 2.24) is 9.56 Å². The van der Waals surface area contributed by atoms with E-state index in [0.717, 1.165) is 55.2 Å². The van der Waals surface area contributed by atoms with Crippen molar-refractivity contribution in [3.63, 3.8) is 0 Å². The molecule has 0 atom stereocenters. The maximum atomic E-state index is 6.23. The van der Waals surface area contributed by atoms with Gasteiger partial charge in [0.05, 0.1) is 6.07 Å². The maximum Gasteiger partial charge on any atom is 0.203 e. The van der Waals surface area contributed by atoms with E-state index in [0.29, 0.717) is 0 Å². The van der Waals surface area contributed by atoms with Gasteiger partial charge in [-0.25, -0.2) is 9.56 Å². The molecule has 3 aliphatic rings. The molecule has 4 nitrogen and oxygen atoms in total. The molecule has 24 heavy (non-hydrogen) atoms. The van der Waals surface area contributed by atoms with Crippen LogP contribution in [0.1, 0.15) is 26.3 Å². The molecule has 1 aliphatic carbocycles. The summed E-state index contributed by atoms with van der Waals surface area (Å²) in [5.41, 5.74) is 5.43. The molecule has 0 unspecified atom stereocenters. The van der Waals surface area contributed by atoms with Crippen LogP contribution >= 0.6 is 0 Å². The summed E-state index contributed by atoms with van der Waals surface area (Å²) in [5, 5.41) is 1.19. The molecule has 0 bridgehead atoms. The van der Waals surface area contributed by atoms with Crippen molar-refractivity contribution >= 4 is 16.8 Å². The van der Waals surface area contributed by atoms with Gasteiger partial charge < -0.3 is 9.32 Å². The van der Waals surface area contributed by atoms with Gasteiger partial charge in [0, 0.05) is 30.9 Å². The second kappa shape index (κ2) is 5.93. The van der Waals surface area contributed by atoms with Crippen LogP contribution in [0.5, 0.6) is 0 Å². The molecule has 0 saturated heterocycles. The number of hydrogen-bond acceptors (Lipinski definition) is 3. The zero-order valence-corrected chi connectivity index (χ0v) is 14.7. The number of aromatic nitrogens is 1. The van der Waals surface area contributed by atoms with Crippen LogP contribution < -0.4 is 14.8 Å². The highest BCUT2D eigenvalue weighted by molar-refractivity contribution is 5.83. The lowest BCUT2D eigenvalue weighted by Crippen LogP contribution is -2.29. The van der Waals surface area contributed by atoms with Crippen LogP contribution in [0.3, 0.4) is 0 Å². The summed E-state index contributed by atoms with van der Waals surface area (Å²) in [7, 11) is 0. The van der Waals surface area contributed by atoms with Gasteiger partial charge in [-0.05, 0) is 44.9 Å². The van der Waals surface area contributed by atoms with Crippen LogP contribution in [0.4, 0.5) is 5.69 Å². The van der Waals surface area contributed by atoms with Gasteiger partial charge in [0.2, 0.25) is 5.36 Å². The van der Waals surface area contributed by atoms with E-state index in [1.54, 1.807) is 0 Å². The number of likely N-dealkylation sites (N-methyl/N-ethyl adjacent to an activating group) is 1. The Hall–Kier alpha value is -2.36. The lowest BCUT2D eigenvalue weighted by molar-refractivity contribution is 0.600. The van der Waals surface area contributed by atoms with Gasteiger partial charge in [0.25, 0.3) is 0 Å². The van der Waals surface area contributed by atoms with Crippen molar-refractivity contribution < 1.29 is 4.42 Å². The van der Waals surface area contributed by atoms with Crippen molar-refractivity contribution in [3.8, 4) is 11.5 Å². The molecule has 0 N–H and O–H groups in total. The Bertz CT molecular complexity index is 935. The van der Waals surface area contributed by atoms with Gasteiger partial charge in [-0.15, -0.1) is 0 Å². The van der Waals surface area contributed by atoms with E-state index >= 15 is 0 Å². The lowest BCUT2D eigenvalue weighted by Gasteiger charge is -2.16.